The molecule has 5 heteroatoms. The summed E-state index contributed by atoms with van der Waals surface area (Å²) >= 11 is 0. The Morgan fingerprint density at radius 3 is 2.39 bits per heavy atom. The third-order valence-electron chi connectivity index (χ3n) is 5.14. The van der Waals surface area contributed by atoms with Gasteiger partial charge in [-0.25, -0.2) is 0 Å². The van der Waals surface area contributed by atoms with E-state index in [2.05, 4.69) is 28.1 Å². The van der Waals surface area contributed by atoms with Crippen LogP contribution < -0.4 is 10.1 Å². The van der Waals surface area contributed by atoms with Crippen LogP contribution in [0.4, 0.5) is 5.69 Å². The van der Waals surface area contributed by atoms with E-state index in [1.54, 1.807) is 0 Å². The molecule has 1 amide bonds. The zero-order valence-electron chi connectivity index (χ0n) is 16.8. The molecule has 2 aromatic carbocycles. The summed E-state index contributed by atoms with van der Waals surface area (Å²) in [6.45, 7) is 8.22. The molecule has 0 unspecified atom stereocenters. The van der Waals surface area contributed by atoms with Crippen LogP contribution in [0.5, 0.6) is 5.75 Å². The Bertz CT molecular complexity index is 728. The average molecular weight is 382 g/mol. The Morgan fingerprint density at radius 1 is 0.964 bits per heavy atom. The van der Waals surface area contributed by atoms with Crippen molar-refractivity contribution in [2.45, 2.75) is 19.8 Å². The molecule has 28 heavy (non-hydrogen) atoms. The fourth-order valence-corrected chi connectivity index (χ4v) is 3.51. The van der Waals surface area contributed by atoms with Crippen LogP contribution in [0.3, 0.4) is 0 Å². The van der Waals surface area contributed by atoms with E-state index in [-0.39, 0.29) is 5.91 Å². The topological polar surface area (TPSA) is 44.8 Å². The molecular weight excluding hydrogens is 350 g/mol. The number of carbonyl (C=O) groups is 1. The van der Waals surface area contributed by atoms with E-state index >= 15 is 0 Å². The molecule has 150 valence electrons. The van der Waals surface area contributed by atoms with Gasteiger partial charge in [-0.15, -0.1) is 0 Å². The highest BCUT2D eigenvalue weighted by Gasteiger charge is 2.19. The Morgan fingerprint density at radius 2 is 1.64 bits per heavy atom. The molecule has 1 saturated heterocycles. The summed E-state index contributed by atoms with van der Waals surface area (Å²) in [5.74, 6) is 1.01. The lowest BCUT2D eigenvalue weighted by Gasteiger charge is -2.34. The third kappa shape index (κ3) is 6.36. The van der Waals surface area contributed by atoms with Gasteiger partial charge in [-0.1, -0.05) is 43.3 Å². The molecule has 0 saturated carbocycles. The van der Waals surface area contributed by atoms with Crippen LogP contribution in [0.25, 0.3) is 0 Å². The fourth-order valence-electron chi connectivity index (χ4n) is 3.51. The summed E-state index contributed by atoms with van der Waals surface area (Å²) in [4.78, 5) is 17.1. The number of amides is 1. The van der Waals surface area contributed by atoms with E-state index in [1.807, 2.05) is 48.5 Å². The minimum Gasteiger partial charge on any atom is -0.494 e. The number of benzene rings is 2. The van der Waals surface area contributed by atoms with Gasteiger partial charge in [0.05, 0.1) is 13.2 Å². The quantitative estimate of drug-likeness (QED) is 0.677. The SMILES string of the molecule is CCc1ccccc1NC(=O)CN1CCN(CCCOc2ccccc2)CC1. The summed E-state index contributed by atoms with van der Waals surface area (Å²) in [7, 11) is 0. The molecule has 0 bridgehead atoms. The highest BCUT2D eigenvalue weighted by molar-refractivity contribution is 5.93. The molecule has 5 nitrogen and oxygen atoms in total. The van der Waals surface area contributed by atoms with Gasteiger partial charge in [-0.05, 0) is 36.6 Å². The summed E-state index contributed by atoms with van der Waals surface area (Å²) in [6, 6.07) is 18.0. The lowest BCUT2D eigenvalue weighted by molar-refractivity contribution is -0.117. The predicted molar refractivity (Wildman–Crippen MR) is 114 cm³/mol. The zero-order chi connectivity index (χ0) is 19.6. The van der Waals surface area contributed by atoms with E-state index in [1.165, 1.54) is 5.56 Å². The molecule has 1 N–H and O–H groups in total. The summed E-state index contributed by atoms with van der Waals surface area (Å²) in [5.41, 5.74) is 2.12. The number of para-hydroxylation sites is 2. The predicted octanol–water partition coefficient (Wildman–Crippen LogP) is 3.27. The van der Waals surface area contributed by atoms with Gasteiger partial charge in [0.15, 0.2) is 0 Å². The number of hydrogen-bond donors (Lipinski definition) is 1. The van der Waals surface area contributed by atoms with Crippen molar-refractivity contribution in [1.82, 2.24) is 9.80 Å². The Hall–Kier alpha value is -2.37. The van der Waals surface area contributed by atoms with Gasteiger partial charge in [0.2, 0.25) is 5.91 Å². The van der Waals surface area contributed by atoms with Crippen molar-refractivity contribution in [3.05, 3.63) is 60.2 Å². The lowest BCUT2D eigenvalue weighted by atomic mass is 10.1. The molecule has 2 aromatic rings. The molecule has 0 aliphatic carbocycles. The molecule has 1 fully saturated rings. The first kappa shape index (κ1) is 20.4. The van der Waals surface area contributed by atoms with Crippen molar-refractivity contribution in [3.8, 4) is 5.75 Å². The molecule has 0 aromatic heterocycles. The van der Waals surface area contributed by atoms with Gasteiger partial charge in [0, 0.05) is 38.4 Å². The normalized spacial score (nSPS) is 15.3. The van der Waals surface area contributed by atoms with Crippen molar-refractivity contribution < 1.29 is 9.53 Å². The number of nitrogens with one attached hydrogen (secondary N) is 1. The Balaban J connectivity index is 1.32. The molecule has 3 rings (SSSR count). The average Bonchev–Trinajstić information content (AvgIpc) is 2.73. The monoisotopic (exact) mass is 381 g/mol. The van der Waals surface area contributed by atoms with Gasteiger partial charge in [-0.2, -0.15) is 0 Å². The highest BCUT2D eigenvalue weighted by atomic mass is 16.5. The van der Waals surface area contributed by atoms with E-state index < -0.39 is 0 Å². The number of ether oxygens (including phenoxy) is 1. The molecule has 1 aliphatic heterocycles. The second-order valence-electron chi connectivity index (χ2n) is 7.19. The smallest absolute Gasteiger partial charge is 0.238 e. The van der Waals surface area contributed by atoms with E-state index in [4.69, 9.17) is 4.74 Å². The van der Waals surface area contributed by atoms with Crippen LogP contribution in [0.1, 0.15) is 18.9 Å². The second-order valence-corrected chi connectivity index (χ2v) is 7.19. The number of nitrogens with zero attached hydrogens (tertiary/aromatic N) is 2. The second kappa shape index (κ2) is 10.8. The van der Waals surface area contributed by atoms with Gasteiger partial charge >= 0.3 is 0 Å². The third-order valence-corrected chi connectivity index (χ3v) is 5.14. The van der Waals surface area contributed by atoms with Gasteiger partial charge in [0.1, 0.15) is 5.75 Å². The summed E-state index contributed by atoms with van der Waals surface area (Å²) in [5, 5.41) is 3.07. The van der Waals surface area contributed by atoms with Crippen LogP contribution in [0, 0.1) is 0 Å². The maximum atomic E-state index is 12.4. The molecular formula is C23H31N3O2. The van der Waals surface area contributed by atoms with Crippen LogP contribution >= 0.6 is 0 Å². The molecule has 0 radical (unpaired) electrons. The molecule has 1 heterocycles. The van der Waals surface area contributed by atoms with E-state index in [0.717, 1.165) is 63.6 Å². The number of rotatable bonds is 9. The number of hydrogen-bond acceptors (Lipinski definition) is 4. The first-order valence-corrected chi connectivity index (χ1v) is 10.2. The number of aryl methyl sites for hydroxylation is 1. The standard InChI is InChI=1S/C23H31N3O2/c1-2-20-9-6-7-12-22(20)24-23(27)19-26-16-14-25(15-17-26)13-8-18-28-21-10-4-3-5-11-21/h3-7,9-12H,2,8,13-19H2,1H3,(H,24,27). The summed E-state index contributed by atoms with van der Waals surface area (Å²) < 4.78 is 5.76. The highest BCUT2D eigenvalue weighted by Crippen LogP contribution is 2.15. The van der Waals surface area contributed by atoms with Crippen LogP contribution in [0.15, 0.2) is 54.6 Å². The minimum atomic E-state index is 0.0746. The number of piperazine rings is 1. The van der Waals surface area contributed by atoms with Gasteiger partial charge in [0.25, 0.3) is 0 Å². The minimum absolute atomic E-state index is 0.0746. The lowest BCUT2D eigenvalue weighted by Crippen LogP contribution is -2.48. The zero-order valence-corrected chi connectivity index (χ0v) is 16.8. The van der Waals surface area contributed by atoms with Crippen molar-refractivity contribution in [2.24, 2.45) is 0 Å². The first-order chi connectivity index (χ1) is 13.7. The van der Waals surface area contributed by atoms with Gasteiger partial charge in [-0.3, -0.25) is 9.69 Å². The van der Waals surface area contributed by atoms with Crippen LogP contribution in [-0.2, 0) is 11.2 Å². The maximum Gasteiger partial charge on any atom is 0.238 e. The molecule has 0 atom stereocenters. The molecule has 0 spiro atoms. The number of anilines is 1. The number of carbonyl (C=O) groups excluding carboxylic acids is 1. The van der Waals surface area contributed by atoms with Crippen molar-refractivity contribution in [1.29, 1.82) is 0 Å². The molecule has 1 aliphatic rings. The van der Waals surface area contributed by atoms with Crippen LogP contribution in [-0.4, -0.2) is 61.6 Å². The van der Waals surface area contributed by atoms with Crippen molar-refractivity contribution >= 4 is 11.6 Å². The van der Waals surface area contributed by atoms with Crippen molar-refractivity contribution in [2.75, 3.05) is 51.2 Å². The fraction of sp³-hybridized carbons (Fsp3) is 0.435. The Kier molecular flexibility index (Phi) is 7.88. The van der Waals surface area contributed by atoms with Crippen molar-refractivity contribution in [3.63, 3.8) is 0 Å². The van der Waals surface area contributed by atoms with Crippen LogP contribution in [0.2, 0.25) is 0 Å². The van der Waals surface area contributed by atoms with E-state index in [0.29, 0.717) is 6.54 Å². The van der Waals surface area contributed by atoms with E-state index in [9.17, 15) is 4.79 Å². The largest absolute Gasteiger partial charge is 0.494 e. The van der Waals surface area contributed by atoms with Gasteiger partial charge < -0.3 is 15.0 Å². The summed E-state index contributed by atoms with van der Waals surface area (Å²) in [6.07, 6.45) is 1.94. The first-order valence-electron chi connectivity index (χ1n) is 10.2. The maximum absolute atomic E-state index is 12.4. The Labute approximate surface area is 168 Å².